The first-order valence-electron chi connectivity index (χ1n) is 6.00. The van der Waals surface area contributed by atoms with Crippen LogP contribution in [-0.4, -0.2) is 35.6 Å². The minimum atomic E-state index is 0.313. The summed E-state index contributed by atoms with van der Waals surface area (Å²) in [7, 11) is 0. The fourth-order valence-corrected chi connectivity index (χ4v) is 2.55. The van der Waals surface area contributed by atoms with Crippen molar-refractivity contribution >= 4 is 0 Å². The second-order valence-electron chi connectivity index (χ2n) is 5.98. The third-order valence-electron chi connectivity index (χ3n) is 3.58. The lowest BCUT2D eigenvalue weighted by atomic mass is 9.93. The molecule has 0 bridgehead atoms. The Morgan fingerprint density at radius 1 is 1.29 bits per heavy atom. The molecule has 0 aromatic heterocycles. The molecular formula is C12H24N2. The van der Waals surface area contributed by atoms with Gasteiger partial charge in [0, 0.05) is 30.7 Å². The average Bonchev–Trinajstić information content (AvgIpc) is 2.83. The first-order valence-corrected chi connectivity index (χ1v) is 6.00. The highest BCUT2D eigenvalue weighted by Crippen LogP contribution is 2.33. The summed E-state index contributed by atoms with van der Waals surface area (Å²) in [5.41, 5.74) is 0.313. The molecule has 0 spiro atoms. The number of piperazine rings is 1. The van der Waals surface area contributed by atoms with Crippen molar-refractivity contribution in [2.24, 2.45) is 5.92 Å². The molecule has 1 saturated carbocycles. The number of rotatable bonds is 2. The van der Waals surface area contributed by atoms with E-state index >= 15 is 0 Å². The lowest BCUT2D eigenvalue weighted by molar-refractivity contribution is 0.0623. The molecule has 1 unspecified atom stereocenters. The monoisotopic (exact) mass is 196 g/mol. The van der Waals surface area contributed by atoms with Gasteiger partial charge in [-0.15, -0.1) is 0 Å². The molecule has 82 valence electrons. The molecule has 2 heteroatoms. The summed E-state index contributed by atoms with van der Waals surface area (Å²) in [6.45, 7) is 11.7. The number of hydrogen-bond donors (Lipinski definition) is 1. The van der Waals surface area contributed by atoms with Gasteiger partial charge in [-0.05, 0) is 32.6 Å². The van der Waals surface area contributed by atoms with Crippen molar-refractivity contribution in [1.82, 2.24) is 10.2 Å². The number of hydrogen-bond acceptors (Lipinski definition) is 2. The highest BCUT2D eigenvalue weighted by Gasteiger charge is 2.41. The van der Waals surface area contributed by atoms with Crippen molar-refractivity contribution in [3.8, 4) is 0 Å². The zero-order valence-electron chi connectivity index (χ0n) is 10.0. The van der Waals surface area contributed by atoms with Gasteiger partial charge in [0.05, 0.1) is 0 Å². The van der Waals surface area contributed by atoms with Crippen molar-refractivity contribution in [2.75, 3.05) is 13.1 Å². The second kappa shape index (κ2) is 3.49. The van der Waals surface area contributed by atoms with Crippen LogP contribution in [0.25, 0.3) is 0 Å². The molecule has 2 nitrogen and oxygen atoms in total. The summed E-state index contributed by atoms with van der Waals surface area (Å²) in [4.78, 5) is 2.75. The largest absolute Gasteiger partial charge is 0.309 e. The predicted molar refractivity (Wildman–Crippen MR) is 60.4 cm³/mol. The van der Waals surface area contributed by atoms with Crippen LogP contribution in [0.5, 0.6) is 0 Å². The summed E-state index contributed by atoms with van der Waals surface area (Å²) < 4.78 is 0. The Bertz CT molecular complexity index is 206. The van der Waals surface area contributed by atoms with Gasteiger partial charge in [-0.25, -0.2) is 0 Å². The first kappa shape index (κ1) is 10.4. The SMILES string of the molecule is CC(C)C1CNC(C)(C)CN1C1CC1. The van der Waals surface area contributed by atoms with Crippen LogP contribution in [0.3, 0.4) is 0 Å². The summed E-state index contributed by atoms with van der Waals surface area (Å²) in [6, 6.07) is 1.67. The van der Waals surface area contributed by atoms with Crippen LogP contribution in [0.1, 0.15) is 40.5 Å². The quantitative estimate of drug-likeness (QED) is 0.725. The van der Waals surface area contributed by atoms with E-state index in [0.29, 0.717) is 5.54 Å². The zero-order valence-corrected chi connectivity index (χ0v) is 10.0. The summed E-state index contributed by atoms with van der Waals surface area (Å²) in [5.74, 6) is 0.777. The third kappa shape index (κ3) is 2.12. The van der Waals surface area contributed by atoms with Crippen LogP contribution in [0, 0.1) is 5.92 Å². The standard InChI is InChI=1S/C12H24N2/c1-9(2)11-7-13-12(3,4)8-14(11)10-5-6-10/h9-11,13H,5-8H2,1-4H3. The van der Waals surface area contributed by atoms with Gasteiger partial charge >= 0.3 is 0 Å². The average molecular weight is 196 g/mol. The molecule has 14 heavy (non-hydrogen) atoms. The molecule has 2 fully saturated rings. The predicted octanol–water partition coefficient (Wildman–Crippen LogP) is 1.86. The van der Waals surface area contributed by atoms with Crippen molar-refractivity contribution in [1.29, 1.82) is 0 Å². The van der Waals surface area contributed by atoms with E-state index < -0.39 is 0 Å². The lowest BCUT2D eigenvalue weighted by Crippen LogP contribution is -2.63. The van der Waals surface area contributed by atoms with E-state index in [1.807, 2.05) is 0 Å². The molecule has 1 N–H and O–H groups in total. The topological polar surface area (TPSA) is 15.3 Å². The van der Waals surface area contributed by atoms with Gasteiger partial charge in [0.15, 0.2) is 0 Å². The van der Waals surface area contributed by atoms with Crippen molar-refractivity contribution in [3.05, 3.63) is 0 Å². The molecule has 1 aliphatic carbocycles. The van der Waals surface area contributed by atoms with Crippen LogP contribution >= 0.6 is 0 Å². The Kier molecular flexibility index (Phi) is 2.61. The van der Waals surface area contributed by atoms with Crippen molar-refractivity contribution < 1.29 is 0 Å². The van der Waals surface area contributed by atoms with Gasteiger partial charge in [0.1, 0.15) is 0 Å². The fraction of sp³-hybridized carbons (Fsp3) is 1.00. The second-order valence-corrected chi connectivity index (χ2v) is 5.98. The Labute approximate surface area is 88.1 Å². The summed E-state index contributed by atoms with van der Waals surface area (Å²) in [5, 5.41) is 3.66. The molecule has 0 aromatic carbocycles. The Balaban J connectivity index is 2.04. The fourth-order valence-electron chi connectivity index (χ4n) is 2.55. The summed E-state index contributed by atoms with van der Waals surface area (Å²) >= 11 is 0. The van der Waals surface area contributed by atoms with E-state index in [-0.39, 0.29) is 0 Å². The molecular weight excluding hydrogens is 172 g/mol. The number of nitrogens with zero attached hydrogens (tertiary/aromatic N) is 1. The zero-order chi connectivity index (χ0) is 10.3. The van der Waals surface area contributed by atoms with Gasteiger partial charge in [-0.1, -0.05) is 13.8 Å². The maximum Gasteiger partial charge on any atom is 0.0253 e. The van der Waals surface area contributed by atoms with E-state index in [9.17, 15) is 0 Å². The van der Waals surface area contributed by atoms with Crippen molar-refractivity contribution in [2.45, 2.75) is 58.2 Å². The van der Waals surface area contributed by atoms with Crippen LogP contribution in [0.4, 0.5) is 0 Å². The van der Waals surface area contributed by atoms with Gasteiger partial charge in [0.25, 0.3) is 0 Å². The lowest BCUT2D eigenvalue weighted by Gasteiger charge is -2.46. The molecule has 1 saturated heterocycles. The third-order valence-corrected chi connectivity index (χ3v) is 3.58. The Hall–Kier alpha value is -0.0800. The highest BCUT2D eigenvalue weighted by atomic mass is 15.3. The first-order chi connectivity index (χ1) is 6.49. The Morgan fingerprint density at radius 3 is 2.43 bits per heavy atom. The summed E-state index contributed by atoms with van der Waals surface area (Å²) in [6.07, 6.45) is 2.86. The van der Waals surface area contributed by atoms with E-state index in [1.54, 1.807) is 0 Å². The van der Waals surface area contributed by atoms with Crippen molar-refractivity contribution in [3.63, 3.8) is 0 Å². The van der Waals surface area contributed by atoms with Gasteiger partial charge in [-0.2, -0.15) is 0 Å². The smallest absolute Gasteiger partial charge is 0.0253 e. The normalized spacial score (nSPS) is 33.6. The Morgan fingerprint density at radius 2 is 1.93 bits per heavy atom. The molecule has 2 rings (SSSR count). The molecule has 2 aliphatic rings. The maximum absolute atomic E-state index is 3.66. The van der Waals surface area contributed by atoms with E-state index in [0.717, 1.165) is 18.0 Å². The van der Waals surface area contributed by atoms with Crippen LogP contribution in [0.2, 0.25) is 0 Å². The van der Waals surface area contributed by atoms with Gasteiger partial charge in [0.2, 0.25) is 0 Å². The molecule has 0 radical (unpaired) electrons. The molecule has 1 aliphatic heterocycles. The molecule has 0 aromatic rings. The molecule has 1 heterocycles. The maximum atomic E-state index is 3.66. The van der Waals surface area contributed by atoms with Gasteiger partial charge < -0.3 is 5.32 Å². The van der Waals surface area contributed by atoms with E-state index in [2.05, 4.69) is 37.9 Å². The molecule has 1 atom stereocenters. The van der Waals surface area contributed by atoms with Crippen LogP contribution in [0.15, 0.2) is 0 Å². The van der Waals surface area contributed by atoms with Crippen LogP contribution in [-0.2, 0) is 0 Å². The van der Waals surface area contributed by atoms with Crippen LogP contribution < -0.4 is 5.32 Å². The molecule has 0 amide bonds. The highest BCUT2D eigenvalue weighted by molar-refractivity contribution is 4.99. The van der Waals surface area contributed by atoms with E-state index in [4.69, 9.17) is 0 Å². The minimum absolute atomic E-state index is 0.313. The number of nitrogens with one attached hydrogen (secondary N) is 1. The van der Waals surface area contributed by atoms with Gasteiger partial charge in [-0.3, -0.25) is 4.90 Å². The van der Waals surface area contributed by atoms with E-state index in [1.165, 1.54) is 25.9 Å². The minimum Gasteiger partial charge on any atom is -0.309 e.